The zero-order valence-electron chi connectivity index (χ0n) is 11.6. The summed E-state index contributed by atoms with van der Waals surface area (Å²) in [7, 11) is -5.27. The summed E-state index contributed by atoms with van der Waals surface area (Å²) in [5.74, 6) is -1.34. The normalized spacial score (nSPS) is 14.1. The van der Waals surface area contributed by atoms with Gasteiger partial charge < -0.3 is 5.11 Å². The average Bonchev–Trinajstić information content (AvgIpc) is 2.38. The molecule has 1 rings (SSSR count). The van der Waals surface area contributed by atoms with Crippen LogP contribution in [-0.4, -0.2) is 52.4 Å². The zero-order valence-corrected chi connectivity index (χ0v) is 13.3. The van der Waals surface area contributed by atoms with Crippen molar-refractivity contribution in [3.05, 3.63) is 24.3 Å². The highest BCUT2D eigenvalue weighted by atomic mass is 32.2. The molecule has 8 nitrogen and oxygen atoms in total. The molecule has 0 aliphatic rings. The van der Waals surface area contributed by atoms with Gasteiger partial charge in [-0.05, 0) is 25.1 Å². The van der Waals surface area contributed by atoms with Gasteiger partial charge in [0, 0.05) is 14.1 Å². The van der Waals surface area contributed by atoms with E-state index in [9.17, 15) is 21.6 Å². The Morgan fingerprint density at radius 1 is 1.19 bits per heavy atom. The Kier molecular flexibility index (Phi) is 5.10. The summed E-state index contributed by atoms with van der Waals surface area (Å²) in [5.41, 5.74) is 0. The number of carbonyl (C=O) groups is 1. The molecule has 1 atom stereocenters. The summed E-state index contributed by atoms with van der Waals surface area (Å²) < 4.78 is 50.8. The van der Waals surface area contributed by atoms with Crippen molar-refractivity contribution in [3.8, 4) is 0 Å². The number of rotatable bonds is 6. The monoisotopic (exact) mass is 336 g/mol. The quantitative estimate of drug-likeness (QED) is 0.735. The van der Waals surface area contributed by atoms with Crippen molar-refractivity contribution in [1.29, 1.82) is 0 Å². The fraction of sp³-hybridized carbons (Fsp3) is 0.364. The minimum absolute atomic E-state index is 0.196. The van der Waals surface area contributed by atoms with Crippen LogP contribution in [0.25, 0.3) is 0 Å². The van der Waals surface area contributed by atoms with E-state index in [1.54, 1.807) is 0 Å². The molecule has 118 valence electrons. The molecule has 0 spiro atoms. The van der Waals surface area contributed by atoms with Crippen LogP contribution in [0.3, 0.4) is 0 Å². The molecule has 0 bridgehead atoms. The first kappa shape index (κ1) is 17.6. The number of carboxylic acid groups (broad SMARTS) is 1. The SMILES string of the molecule is C[C@@H](NS(=O)(=O)c1cccc(S(=O)(=O)N(C)C)c1)C(=O)O. The Morgan fingerprint density at radius 2 is 1.71 bits per heavy atom. The van der Waals surface area contributed by atoms with Crippen molar-refractivity contribution in [2.45, 2.75) is 22.8 Å². The third kappa shape index (κ3) is 4.00. The van der Waals surface area contributed by atoms with E-state index in [1.807, 2.05) is 4.72 Å². The number of hydrogen-bond acceptors (Lipinski definition) is 5. The summed E-state index contributed by atoms with van der Waals surface area (Å²) in [5, 5.41) is 8.72. The van der Waals surface area contributed by atoms with Gasteiger partial charge in [-0.1, -0.05) is 6.07 Å². The van der Waals surface area contributed by atoms with E-state index >= 15 is 0 Å². The van der Waals surface area contributed by atoms with Gasteiger partial charge in [0.1, 0.15) is 6.04 Å². The lowest BCUT2D eigenvalue weighted by molar-refractivity contribution is -0.138. The van der Waals surface area contributed by atoms with E-state index in [0.29, 0.717) is 0 Å². The second kappa shape index (κ2) is 6.10. The van der Waals surface area contributed by atoms with E-state index in [2.05, 4.69) is 0 Å². The summed E-state index contributed by atoms with van der Waals surface area (Å²) in [6.07, 6.45) is 0. The van der Waals surface area contributed by atoms with Crippen molar-refractivity contribution in [3.63, 3.8) is 0 Å². The van der Waals surface area contributed by atoms with Crippen molar-refractivity contribution in [1.82, 2.24) is 9.03 Å². The van der Waals surface area contributed by atoms with Gasteiger partial charge in [-0.15, -0.1) is 0 Å². The predicted octanol–water partition coefficient (Wildman–Crippen LogP) is -0.312. The van der Waals surface area contributed by atoms with Crippen LogP contribution in [0, 0.1) is 0 Å². The molecule has 1 aromatic rings. The molecule has 0 aliphatic carbocycles. The maximum absolute atomic E-state index is 12.0. The second-order valence-corrected chi connectivity index (χ2v) is 8.31. The van der Waals surface area contributed by atoms with Gasteiger partial charge in [-0.25, -0.2) is 21.1 Å². The van der Waals surface area contributed by atoms with Gasteiger partial charge in [0.15, 0.2) is 0 Å². The first-order chi connectivity index (χ1) is 9.48. The van der Waals surface area contributed by atoms with Crippen LogP contribution in [0.2, 0.25) is 0 Å². The van der Waals surface area contributed by atoms with Crippen LogP contribution < -0.4 is 4.72 Å². The second-order valence-electron chi connectivity index (χ2n) is 4.44. The highest BCUT2D eigenvalue weighted by Gasteiger charge is 2.24. The van der Waals surface area contributed by atoms with Crippen LogP contribution in [0.15, 0.2) is 34.1 Å². The first-order valence-electron chi connectivity index (χ1n) is 5.76. The van der Waals surface area contributed by atoms with Gasteiger partial charge >= 0.3 is 5.97 Å². The fourth-order valence-corrected chi connectivity index (χ4v) is 3.63. The van der Waals surface area contributed by atoms with Crippen LogP contribution >= 0.6 is 0 Å². The van der Waals surface area contributed by atoms with E-state index in [4.69, 9.17) is 5.11 Å². The Labute approximate surface area is 123 Å². The number of hydrogen-bond donors (Lipinski definition) is 2. The zero-order chi connectivity index (χ0) is 16.4. The summed E-state index contributed by atoms with van der Waals surface area (Å²) >= 11 is 0. The van der Waals surface area contributed by atoms with Crippen LogP contribution in [0.4, 0.5) is 0 Å². The molecule has 0 saturated carbocycles. The third-order valence-corrected chi connectivity index (χ3v) is 5.95. The highest BCUT2D eigenvalue weighted by Crippen LogP contribution is 2.18. The van der Waals surface area contributed by atoms with E-state index < -0.39 is 32.1 Å². The minimum Gasteiger partial charge on any atom is -0.480 e. The van der Waals surface area contributed by atoms with Gasteiger partial charge in [-0.2, -0.15) is 4.72 Å². The van der Waals surface area contributed by atoms with Crippen molar-refractivity contribution >= 4 is 26.0 Å². The molecule has 0 amide bonds. The summed E-state index contributed by atoms with van der Waals surface area (Å²) in [6.45, 7) is 1.17. The number of sulfonamides is 2. The van der Waals surface area contributed by atoms with Gasteiger partial charge in [0.25, 0.3) is 0 Å². The maximum Gasteiger partial charge on any atom is 0.321 e. The van der Waals surface area contributed by atoms with Crippen molar-refractivity contribution < 1.29 is 26.7 Å². The predicted molar refractivity (Wildman–Crippen MR) is 74.7 cm³/mol. The minimum atomic E-state index is -4.13. The maximum atomic E-state index is 12.0. The van der Waals surface area contributed by atoms with Gasteiger partial charge in [-0.3, -0.25) is 4.79 Å². The molecule has 0 radical (unpaired) electrons. The average molecular weight is 336 g/mol. The Bertz CT molecular complexity index is 740. The number of benzene rings is 1. The summed E-state index contributed by atoms with van der Waals surface area (Å²) in [4.78, 5) is 10.2. The molecule has 0 unspecified atom stereocenters. The van der Waals surface area contributed by atoms with Gasteiger partial charge in [0.05, 0.1) is 9.79 Å². The number of nitrogens with one attached hydrogen (secondary N) is 1. The largest absolute Gasteiger partial charge is 0.480 e. The molecule has 0 fully saturated rings. The lowest BCUT2D eigenvalue weighted by Crippen LogP contribution is -2.38. The van der Waals surface area contributed by atoms with Crippen molar-refractivity contribution in [2.24, 2.45) is 0 Å². The van der Waals surface area contributed by atoms with Crippen molar-refractivity contribution in [2.75, 3.05) is 14.1 Å². The highest BCUT2D eigenvalue weighted by molar-refractivity contribution is 7.90. The lowest BCUT2D eigenvalue weighted by Gasteiger charge is -2.13. The Morgan fingerprint density at radius 3 is 2.19 bits per heavy atom. The molecule has 0 saturated heterocycles. The number of carboxylic acids is 1. The van der Waals surface area contributed by atoms with Gasteiger partial charge in [0.2, 0.25) is 20.0 Å². The van der Waals surface area contributed by atoms with E-state index in [1.165, 1.54) is 39.2 Å². The molecule has 2 N–H and O–H groups in total. The van der Waals surface area contributed by atoms with Crippen LogP contribution in [0.5, 0.6) is 0 Å². The molecule has 0 aromatic heterocycles. The van der Waals surface area contributed by atoms with Crippen LogP contribution in [0.1, 0.15) is 6.92 Å². The van der Waals surface area contributed by atoms with Crippen LogP contribution in [-0.2, 0) is 24.8 Å². The Balaban J connectivity index is 3.25. The smallest absolute Gasteiger partial charge is 0.321 e. The molecular formula is C11H16N2O6S2. The molecule has 0 aliphatic heterocycles. The molecular weight excluding hydrogens is 320 g/mol. The topological polar surface area (TPSA) is 121 Å². The summed E-state index contributed by atoms with van der Waals surface area (Å²) in [6, 6.07) is 3.37. The standard InChI is InChI=1S/C11H16N2O6S2/c1-8(11(14)15)12-20(16,17)9-5-4-6-10(7-9)21(18,19)13(2)3/h4-8,12H,1-3H3,(H,14,15)/t8-/m1/s1. The molecule has 10 heteroatoms. The lowest BCUT2D eigenvalue weighted by atomic mass is 10.4. The number of nitrogens with zero attached hydrogens (tertiary/aromatic N) is 1. The fourth-order valence-electron chi connectivity index (χ4n) is 1.36. The third-order valence-electron chi connectivity index (χ3n) is 2.60. The van der Waals surface area contributed by atoms with E-state index in [0.717, 1.165) is 10.4 Å². The molecule has 21 heavy (non-hydrogen) atoms. The first-order valence-corrected chi connectivity index (χ1v) is 8.68. The number of aliphatic carboxylic acids is 1. The molecule has 1 aromatic carbocycles. The Hall–Kier alpha value is -1.49. The van der Waals surface area contributed by atoms with E-state index in [-0.39, 0.29) is 9.79 Å². The molecule has 0 heterocycles.